The molecule has 0 rings (SSSR count). The summed E-state index contributed by atoms with van der Waals surface area (Å²) in [5, 5.41) is 2.98. The van der Waals surface area contributed by atoms with Crippen molar-refractivity contribution in [3.63, 3.8) is 0 Å². The highest BCUT2D eigenvalue weighted by Gasteiger charge is 2.27. The minimum Gasteiger partial charge on any atom is -0.756 e. The minimum absolute atomic E-state index is 0.0339. The summed E-state index contributed by atoms with van der Waals surface area (Å²) in [6.07, 6.45) is 60.5. The predicted octanol–water partition coefficient (Wildman–Crippen LogP) is 16.5. The van der Waals surface area contributed by atoms with Gasteiger partial charge in [-0.3, -0.25) is 14.2 Å². The summed E-state index contributed by atoms with van der Waals surface area (Å²) in [7, 11) is 1.15. The molecule has 3 atom stereocenters. The van der Waals surface area contributed by atoms with E-state index in [1.54, 1.807) is 0 Å². The van der Waals surface area contributed by atoms with Gasteiger partial charge in [-0.05, 0) is 83.1 Å². The van der Waals surface area contributed by atoms with Crippen LogP contribution in [-0.4, -0.2) is 69.4 Å². The molecular formula is C59H109N2O7P. The predicted molar refractivity (Wildman–Crippen MR) is 293 cm³/mol. The van der Waals surface area contributed by atoms with Crippen LogP contribution in [0.3, 0.4) is 0 Å². The van der Waals surface area contributed by atoms with Gasteiger partial charge in [-0.1, -0.05) is 217 Å². The Labute approximate surface area is 426 Å². The number of quaternary nitrogens is 1. The third-order valence-corrected chi connectivity index (χ3v) is 13.4. The van der Waals surface area contributed by atoms with Crippen LogP contribution in [0.5, 0.6) is 0 Å². The molecule has 0 saturated carbocycles. The molecule has 1 amide bonds. The number of unbranched alkanes of at least 4 members (excludes halogenated alkanes) is 27. The highest BCUT2D eigenvalue weighted by atomic mass is 31.2. The number of carbonyl (C=O) groups is 2. The van der Waals surface area contributed by atoms with E-state index in [4.69, 9.17) is 13.8 Å². The Morgan fingerprint density at radius 3 is 1.36 bits per heavy atom. The molecule has 0 saturated heterocycles. The first kappa shape index (κ1) is 66.7. The van der Waals surface area contributed by atoms with E-state index in [0.717, 1.165) is 64.2 Å². The molecule has 0 aliphatic carbocycles. The number of ether oxygens (including phenoxy) is 1. The highest BCUT2D eigenvalue weighted by molar-refractivity contribution is 7.45. The fourth-order valence-corrected chi connectivity index (χ4v) is 8.68. The largest absolute Gasteiger partial charge is 0.756 e. The van der Waals surface area contributed by atoms with Crippen molar-refractivity contribution in [2.24, 2.45) is 0 Å². The van der Waals surface area contributed by atoms with Gasteiger partial charge in [-0.15, -0.1) is 0 Å². The summed E-state index contributed by atoms with van der Waals surface area (Å²) in [4.78, 5) is 39.8. The average Bonchev–Trinajstić information content (AvgIpc) is 3.31. The average molecular weight is 990 g/mol. The molecule has 0 heterocycles. The molecule has 1 N–H and O–H groups in total. The number of likely N-dealkylation sites (N-methyl/N-ethyl adjacent to an activating group) is 1. The highest BCUT2D eigenvalue weighted by Crippen LogP contribution is 2.38. The van der Waals surface area contributed by atoms with Crippen molar-refractivity contribution in [3.05, 3.63) is 60.8 Å². The lowest BCUT2D eigenvalue weighted by molar-refractivity contribution is -0.870. The van der Waals surface area contributed by atoms with Gasteiger partial charge in [0.15, 0.2) is 0 Å². The zero-order valence-electron chi connectivity index (χ0n) is 45.8. The first-order valence-electron chi connectivity index (χ1n) is 28.6. The number of phosphoric ester groups is 1. The van der Waals surface area contributed by atoms with Crippen molar-refractivity contribution >= 4 is 19.7 Å². The standard InChI is InChI=1S/C59H109N2O7P/c1-7-10-13-16-19-22-25-28-29-30-31-34-37-40-43-46-49-52-59(63)68-57(50-47-44-41-38-35-32-26-23-20-17-14-11-8-2)56(55-67-69(64,65)66-54-53-61(4,5)6)60-58(62)51-48-45-42-39-36-33-27-24-21-18-15-12-9-3/h19,22,28-29,33,36,42,45,47,50,56-57H,7-18,20-21,23-27,30-32,34-35,37-41,43-44,46,48-49,51-55H2,1-6H3,(H-,60,62,64,65)/b22-19-,29-28-,36-33-,45-42+,50-47+. The smallest absolute Gasteiger partial charge is 0.306 e. The Kier molecular flexibility index (Phi) is 47.7. The molecular weight excluding hydrogens is 880 g/mol. The van der Waals surface area contributed by atoms with Crippen LogP contribution in [-0.2, 0) is 27.9 Å². The van der Waals surface area contributed by atoms with E-state index >= 15 is 0 Å². The number of hydrogen-bond donors (Lipinski definition) is 1. The van der Waals surface area contributed by atoms with Crippen LogP contribution in [0, 0.1) is 0 Å². The van der Waals surface area contributed by atoms with Crippen LogP contribution in [0.2, 0.25) is 0 Å². The monoisotopic (exact) mass is 989 g/mol. The Morgan fingerprint density at radius 2 is 0.899 bits per heavy atom. The van der Waals surface area contributed by atoms with Gasteiger partial charge in [-0.2, -0.15) is 0 Å². The van der Waals surface area contributed by atoms with Gasteiger partial charge in [-0.25, -0.2) is 0 Å². The van der Waals surface area contributed by atoms with Crippen LogP contribution in [0.1, 0.15) is 252 Å². The van der Waals surface area contributed by atoms with E-state index in [-0.39, 0.29) is 31.3 Å². The second kappa shape index (κ2) is 49.3. The van der Waals surface area contributed by atoms with Gasteiger partial charge >= 0.3 is 5.97 Å². The van der Waals surface area contributed by atoms with Gasteiger partial charge < -0.3 is 28.5 Å². The second-order valence-electron chi connectivity index (χ2n) is 20.4. The van der Waals surface area contributed by atoms with E-state index in [1.807, 2.05) is 39.4 Å². The summed E-state index contributed by atoms with van der Waals surface area (Å²) in [6, 6.07) is -0.921. The van der Waals surface area contributed by atoms with Crippen LogP contribution < -0.4 is 10.2 Å². The molecule has 0 aliphatic heterocycles. The van der Waals surface area contributed by atoms with Crippen molar-refractivity contribution in [1.82, 2.24) is 5.32 Å². The first-order chi connectivity index (χ1) is 33.4. The molecule has 0 radical (unpaired) electrons. The summed E-state index contributed by atoms with van der Waals surface area (Å²) in [6.45, 7) is 6.76. The number of hydrogen-bond acceptors (Lipinski definition) is 7. The second-order valence-corrected chi connectivity index (χ2v) is 21.8. The third kappa shape index (κ3) is 50.4. The molecule has 0 spiro atoms. The zero-order valence-corrected chi connectivity index (χ0v) is 46.7. The summed E-state index contributed by atoms with van der Waals surface area (Å²) < 4.78 is 30.2. The lowest BCUT2D eigenvalue weighted by Gasteiger charge is -2.30. The van der Waals surface area contributed by atoms with Gasteiger partial charge in [0.05, 0.1) is 33.8 Å². The minimum atomic E-state index is -4.71. The van der Waals surface area contributed by atoms with E-state index in [2.05, 4.69) is 68.6 Å². The maximum atomic E-state index is 13.4. The fourth-order valence-electron chi connectivity index (χ4n) is 7.95. The van der Waals surface area contributed by atoms with Crippen molar-refractivity contribution in [1.29, 1.82) is 0 Å². The molecule has 10 heteroatoms. The Morgan fingerprint density at radius 1 is 0.507 bits per heavy atom. The number of amides is 1. The topological polar surface area (TPSA) is 114 Å². The maximum absolute atomic E-state index is 13.4. The molecule has 9 nitrogen and oxygen atoms in total. The summed E-state index contributed by atoms with van der Waals surface area (Å²) in [5.41, 5.74) is 0. The lowest BCUT2D eigenvalue weighted by Crippen LogP contribution is -2.47. The quantitative estimate of drug-likeness (QED) is 0.0212. The number of esters is 1. The van der Waals surface area contributed by atoms with Crippen molar-refractivity contribution in [3.8, 4) is 0 Å². The molecule has 0 aliphatic rings. The van der Waals surface area contributed by atoms with Gasteiger partial charge in [0.1, 0.15) is 19.3 Å². The molecule has 0 bridgehead atoms. The van der Waals surface area contributed by atoms with Crippen molar-refractivity contribution < 1.29 is 37.3 Å². The van der Waals surface area contributed by atoms with Crippen LogP contribution in [0.25, 0.3) is 0 Å². The van der Waals surface area contributed by atoms with Crippen LogP contribution in [0.15, 0.2) is 60.8 Å². The SMILES string of the molecule is CCCCC/C=C\C/C=C\CCCCCCCCCC(=O)OC(/C=C/CCCCCCCCCCCCC)C(COP(=O)([O-])OCC[N+](C)(C)C)NC(=O)CC/C=C/C/C=C\CCCCCCCC. The molecule has 0 aromatic rings. The lowest BCUT2D eigenvalue weighted by atomic mass is 10.0. The Balaban J connectivity index is 5.44. The molecule has 3 unspecified atom stereocenters. The number of nitrogens with one attached hydrogen (secondary N) is 1. The van der Waals surface area contributed by atoms with Gasteiger partial charge in [0.2, 0.25) is 5.91 Å². The van der Waals surface area contributed by atoms with Gasteiger partial charge in [0, 0.05) is 12.8 Å². The Bertz CT molecular complexity index is 1370. The summed E-state index contributed by atoms with van der Waals surface area (Å²) >= 11 is 0. The van der Waals surface area contributed by atoms with Crippen LogP contribution >= 0.6 is 7.82 Å². The molecule has 69 heavy (non-hydrogen) atoms. The van der Waals surface area contributed by atoms with Crippen LogP contribution in [0.4, 0.5) is 0 Å². The molecule has 402 valence electrons. The third-order valence-electron chi connectivity index (χ3n) is 12.4. The van der Waals surface area contributed by atoms with Crippen molar-refractivity contribution in [2.75, 3.05) is 40.9 Å². The number of rotatable bonds is 51. The first-order valence-corrected chi connectivity index (χ1v) is 30.1. The van der Waals surface area contributed by atoms with Gasteiger partial charge in [0.25, 0.3) is 7.82 Å². The van der Waals surface area contributed by atoms with E-state index in [0.29, 0.717) is 23.9 Å². The van der Waals surface area contributed by atoms with E-state index in [1.165, 1.54) is 141 Å². The molecule has 0 fully saturated rings. The molecule has 0 aromatic heterocycles. The van der Waals surface area contributed by atoms with E-state index < -0.39 is 26.6 Å². The Hall–Kier alpha value is -2.29. The molecule has 0 aromatic carbocycles. The zero-order chi connectivity index (χ0) is 50.8. The van der Waals surface area contributed by atoms with Crippen molar-refractivity contribution in [2.45, 2.75) is 264 Å². The maximum Gasteiger partial charge on any atom is 0.306 e. The number of nitrogens with zero attached hydrogens (tertiary/aromatic N) is 1. The van der Waals surface area contributed by atoms with E-state index in [9.17, 15) is 19.0 Å². The normalized spacial score (nSPS) is 14.2. The number of phosphoric acid groups is 1. The number of carbonyl (C=O) groups excluding carboxylic acids is 2. The number of allylic oxidation sites excluding steroid dienone is 9. The summed E-state index contributed by atoms with van der Waals surface area (Å²) in [5.74, 6) is -0.627. The fraction of sp³-hybridized carbons (Fsp3) is 0.797.